The first-order valence-electron chi connectivity index (χ1n) is 5.32. The van der Waals surface area contributed by atoms with Crippen LogP contribution in [0.1, 0.15) is 10.4 Å². The number of carboxylic acid groups (broad SMARTS) is 1. The number of carboxylic acids is 1. The number of aryl methyl sites for hydroxylation is 1. The molecule has 0 aliphatic carbocycles. The molecule has 0 aromatic carbocycles. The molecule has 0 saturated carbocycles. The van der Waals surface area contributed by atoms with Gasteiger partial charge in [-0.05, 0) is 22.6 Å². The Bertz CT molecular complexity index is 792. The van der Waals surface area contributed by atoms with Crippen molar-refractivity contribution in [3.05, 3.63) is 33.9 Å². The molecule has 0 amide bonds. The molecule has 8 heteroatoms. The Morgan fingerprint density at radius 3 is 2.74 bits per heavy atom. The molecule has 0 spiro atoms. The van der Waals surface area contributed by atoms with E-state index in [1.54, 1.807) is 30.3 Å². The summed E-state index contributed by atoms with van der Waals surface area (Å²) in [6.45, 7) is 0. The van der Waals surface area contributed by atoms with Gasteiger partial charge in [0.25, 0.3) is 0 Å². The van der Waals surface area contributed by atoms with Crippen molar-refractivity contribution < 1.29 is 9.90 Å². The van der Waals surface area contributed by atoms with E-state index in [0.717, 1.165) is 3.57 Å². The zero-order chi connectivity index (χ0) is 13.6. The number of pyridine rings is 1. The van der Waals surface area contributed by atoms with Crippen LogP contribution in [0.5, 0.6) is 0 Å². The maximum atomic E-state index is 11.3. The largest absolute Gasteiger partial charge is 0.478 e. The van der Waals surface area contributed by atoms with Crippen LogP contribution in [0.2, 0.25) is 0 Å². The van der Waals surface area contributed by atoms with Crippen molar-refractivity contribution in [3.63, 3.8) is 0 Å². The van der Waals surface area contributed by atoms with Gasteiger partial charge in [-0.3, -0.25) is 4.68 Å². The molecule has 0 aliphatic heterocycles. The Morgan fingerprint density at radius 2 is 2.11 bits per heavy atom. The molecule has 0 atom stereocenters. The van der Waals surface area contributed by atoms with Crippen LogP contribution in [0.3, 0.4) is 0 Å². The van der Waals surface area contributed by atoms with E-state index >= 15 is 0 Å². The van der Waals surface area contributed by atoms with Gasteiger partial charge in [0, 0.05) is 19.4 Å². The summed E-state index contributed by atoms with van der Waals surface area (Å²) in [5.41, 5.74) is 1.19. The number of carbonyl (C=O) groups is 1. The number of fused-ring (bicyclic) bond motifs is 1. The van der Waals surface area contributed by atoms with Crippen LogP contribution in [-0.4, -0.2) is 35.6 Å². The predicted octanol–water partition coefficient (Wildman–Crippen LogP) is 1.46. The lowest BCUT2D eigenvalue weighted by Gasteiger charge is -2.07. The van der Waals surface area contributed by atoms with Crippen molar-refractivity contribution >= 4 is 39.6 Å². The molecule has 3 aromatic rings. The monoisotopic (exact) mass is 369 g/mol. The van der Waals surface area contributed by atoms with Crippen molar-refractivity contribution in [2.24, 2.45) is 7.05 Å². The molecule has 0 saturated heterocycles. The van der Waals surface area contributed by atoms with Crippen molar-refractivity contribution in [3.8, 4) is 5.69 Å². The summed E-state index contributed by atoms with van der Waals surface area (Å²) in [7, 11) is 1.76. The number of hydrogen-bond acceptors (Lipinski definition) is 4. The van der Waals surface area contributed by atoms with Crippen molar-refractivity contribution in [1.29, 1.82) is 0 Å². The zero-order valence-corrected chi connectivity index (χ0v) is 11.9. The molecule has 3 rings (SSSR count). The molecule has 7 nitrogen and oxygen atoms in total. The third-order valence-corrected chi connectivity index (χ3v) is 3.30. The van der Waals surface area contributed by atoms with Crippen LogP contribution in [0, 0.1) is 3.57 Å². The summed E-state index contributed by atoms with van der Waals surface area (Å²) in [5.74, 6) is -1.04. The first-order valence-corrected chi connectivity index (χ1v) is 6.40. The second-order valence-electron chi connectivity index (χ2n) is 3.93. The minimum absolute atomic E-state index is 0.0972. The number of hydrogen-bond donors (Lipinski definition) is 1. The topological polar surface area (TPSA) is 85.8 Å². The Labute approximate surface area is 121 Å². The van der Waals surface area contributed by atoms with Crippen molar-refractivity contribution in [2.45, 2.75) is 0 Å². The molecular weight excluding hydrogens is 361 g/mol. The van der Waals surface area contributed by atoms with Crippen molar-refractivity contribution in [1.82, 2.24) is 24.5 Å². The Kier molecular flexibility index (Phi) is 2.73. The van der Waals surface area contributed by atoms with E-state index in [1.807, 2.05) is 0 Å². The van der Waals surface area contributed by atoms with Gasteiger partial charge in [-0.25, -0.2) is 14.5 Å². The number of halogens is 1. The van der Waals surface area contributed by atoms with E-state index < -0.39 is 5.97 Å². The number of rotatable bonds is 2. The lowest BCUT2D eigenvalue weighted by atomic mass is 10.2. The van der Waals surface area contributed by atoms with E-state index in [-0.39, 0.29) is 5.56 Å². The molecule has 0 aliphatic rings. The van der Waals surface area contributed by atoms with Gasteiger partial charge in [0.2, 0.25) is 0 Å². The van der Waals surface area contributed by atoms with E-state index in [0.29, 0.717) is 16.7 Å². The molecule has 3 aromatic heterocycles. The first-order chi connectivity index (χ1) is 9.08. The maximum Gasteiger partial charge on any atom is 0.339 e. The van der Waals surface area contributed by atoms with Gasteiger partial charge >= 0.3 is 5.97 Å². The fourth-order valence-corrected chi connectivity index (χ4v) is 2.30. The zero-order valence-electron chi connectivity index (χ0n) is 9.78. The van der Waals surface area contributed by atoms with E-state index in [4.69, 9.17) is 0 Å². The molecule has 0 radical (unpaired) electrons. The summed E-state index contributed by atoms with van der Waals surface area (Å²) < 4.78 is 4.05. The molecule has 0 fully saturated rings. The Hall–Kier alpha value is -1.97. The van der Waals surface area contributed by atoms with Crippen LogP contribution in [0.25, 0.3) is 16.7 Å². The third-order valence-electron chi connectivity index (χ3n) is 2.74. The SMILES string of the molecule is Cn1ncc2c(-n3cc(I)cn3)c(C(=O)O)cnc21. The third kappa shape index (κ3) is 1.87. The average Bonchev–Trinajstić information content (AvgIpc) is 2.95. The number of aromatic nitrogens is 5. The van der Waals surface area contributed by atoms with Crippen LogP contribution in [0.4, 0.5) is 0 Å². The van der Waals surface area contributed by atoms with Crippen LogP contribution in [0.15, 0.2) is 24.8 Å². The molecule has 96 valence electrons. The van der Waals surface area contributed by atoms with Gasteiger partial charge in [0.15, 0.2) is 5.65 Å². The molecule has 19 heavy (non-hydrogen) atoms. The van der Waals surface area contributed by atoms with E-state index in [2.05, 4.69) is 37.8 Å². The average molecular weight is 369 g/mol. The van der Waals surface area contributed by atoms with Crippen LogP contribution >= 0.6 is 22.6 Å². The highest BCUT2D eigenvalue weighted by Crippen LogP contribution is 2.24. The van der Waals surface area contributed by atoms with Gasteiger partial charge in [0.1, 0.15) is 5.56 Å². The fourth-order valence-electron chi connectivity index (χ4n) is 1.91. The lowest BCUT2D eigenvalue weighted by Crippen LogP contribution is -2.08. The van der Waals surface area contributed by atoms with Gasteiger partial charge < -0.3 is 5.11 Å². The second kappa shape index (κ2) is 4.30. The number of aromatic carboxylic acids is 1. The van der Waals surface area contributed by atoms with Gasteiger partial charge in [-0.15, -0.1) is 0 Å². The maximum absolute atomic E-state index is 11.3. The molecule has 3 heterocycles. The van der Waals surface area contributed by atoms with Gasteiger partial charge in [-0.2, -0.15) is 10.2 Å². The second-order valence-corrected chi connectivity index (χ2v) is 5.18. The summed E-state index contributed by atoms with van der Waals surface area (Å²) in [6.07, 6.45) is 6.35. The smallest absolute Gasteiger partial charge is 0.339 e. The summed E-state index contributed by atoms with van der Waals surface area (Å²) in [4.78, 5) is 15.5. The standard InChI is InChI=1S/C11H8IN5O2/c1-16-10-7(4-14-16)9(8(3-13-10)11(18)19)17-5-6(12)2-15-17/h2-5H,1H3,(H,18,19). The van der Waals surface area contributed by atoms with Gasteiger partial charge in [0.05, 0.1) is 27.0 Å². The van der Waals surface area contributed by atoms with E-state index in [1.165, 1.54) is 10.9 Å². The highest BCUT2D eigenvalue weighted by atomic mass is 127. The van der Waals surface area contributed by atoms with Crippen LogP contribution in [-0.2, 0) is 7.05 Å². The molecular formula is C11H8IN5O2. The molecule has 0 unspecified atom stereocenters. The van der Waals surface area contributed by atoms with Crippen molar-refractivity contribution in [2.75, 3.05) is 0 Å². The normalized spacial score (nSPS) is 11.1. The van der Waals surface area contributed by atoms with Crippen LogP contribution < -0.4 is 0 Å². The Balaban J connectivity index is 2.41. The summed E-state index contributed by atoms with van der Waals surface area (Å²) in [5, 5.41) is 18.2. The minimum atomic E-state index is -1.04. The molecule has 0 bridgehead atoms. The van der Waals surface area contributed by atoms with E-state index in [9.17, 15) is 9.90 Å². The highest BCUT2D eigenvalue weighted by Gasteiger charge is 2.19. The lowest BCUT2D eigenvalue weighted by molar-refractivity contribution is 0.0696. The quantitative estimate of drug-likeness (QED) is 0.692. The molecule has 1 N–H and O–H groups in total. The Morgan fingerprint density at radius 1 is 1.32 bits per heavy atom. The summed E-state index contributed by atoms with van der Waals surface area (Å²) in [6, 6.07) is 0. The minimum Gasteiger partial charge on any atom is -0.478 e. The fraction of sp³-hybridized carbons (Fsp3) is 0.0909. The predicted molar refractivity (Wildman–Crippen MR) is 75.3 cm³/mol. The first kappa shape index (κ1) is 12.1. The highest BCUT2D eigenvalue weighted by molar-refractivity contribution is 14.1. The van der Waals surface area contributed by atoms with Gasteiger partial charge in [-0.1, -0.05) is 0 Å². The number of nitrogens with zero attached hydrogens (tertiary/aromatic N) is 5. The summed E-state index contributed by atoms with van der Waals surface area (Å²) >= 11 is 2.12.